The Kier molecular flexibility index (Phi) is 4.62. The van der Waals surface area contributed by atoms with Crippen molar-refractivity contribution in [3.63, 3.8) is 0 Å². The fraction of sp³-hybridized carbons (Fsp3) is 0.615. The van der Waals surface area contributed by atoms with E-state index in [2.05, 4.69) is 10.3 Å². The number of nitrogens with zero attached hydrogens (tertiary/aromatic N) is 2. The third-order valence-corrected chi connectivity index (χ3v) is 5.43. The van der Waals surface area contributed by atoms with Crippen molar-refractivity contribution in [3.05, 3.63) is 18.3 Å². The van der Waals surface area contributed by atoms with E-state index in [0.717, 1.165) is 6.42 Å². The average Bonchev–Trinajstić information content (AvgIpc) is 2.47. The fourth-order valence-electron chi connectivity index (χ4n) is 2.34. The summed E-state index contributed by atoms with van der Waals surface area (Å²) in [4.78, 5) is 4.30. The molecule has 1 N–H and O–H groups in total. The highest BCUT2D eigenvalue weighted by Gasteiger charge is 2.36. The summed E-state index contributed by atoms with van der Waals surface area (Å²) in [6.07, 6.45) is 2.20. The van der Waals surface area contributed by atoms with Crippen LogP contribution in [0.3, 0.4) is 0 Å². The summed E-state index contributed by atoms with van der Waals surface area (Å²) in [5.74, 6) is 0.376. The Hall–Kier alpha value is -1.18. The molecule has 2 unspecified atom stereocenters. The molecule has 2 rings (SSSR count). The highest BCUT2D eigenvalue weighted by Crippen LogP contribution is 2.27. The molecule has 0 aliphatic carbocycles. The number of sulfonamides is 1. The van der Waals surface area contributed by atoms with Crippen LogP contribution in [0.4, 0.5) is 5.82 Å². The van der Waals surface area contributed by atoms with Gasteiger partial charge in [-0.3, -0.25) is 0 Å². The minimum atomic E-state index is -3.57. The second-order valence-electron chi connectivity index (χ2n) is 4.88. The number of nitrogens with one attached hydrogen (secondary N) is 1. The van der Waals surface area contributed by atoms with Crippen LogP contribution in [0, 0.1) is 0 Å². The summed E-state index contributed by atoms with van der Waals surface area (Å²) in [5.41, 5.74) is 0. The summed E-state index contributed by atoms with van der Waals surface area (Å²) in [6.45, 7) is 4.66. The second kappa shape index (κ2) is 6.07. The molecule has 2 heterocycles. The van der Waals surface area contributed by atoms with Gasteiger partial charge in [0.05, 0.1) is 12.7 Å². The van der Waals surface area contributed by atoms with Crippen LogP contribution in [0.25, 0.3) is 0 Å². The summed E-state index contributed by atoms with van der Waals surface area (Å²) in [6, 6.07) is 3.10. The Morgan fingerprint density at radius 2 is 2.30 bits per heavy atom. The zero-order valence-electron chi connectivity index (χ0n) is 12.0. The van der Waals surface area contributed by atoms with Crippen LogP contribution in [0.2, 0.25) is 0 Å². The van der Waals surface area contributed by atoms with Crippen LogP contribution in [-0.4, -0.2) is 50.1 Å². The lowest BCUT2D eigenvalue weighted by Crippen LogP contribution is -2.51. The molecule has 1 aliphatic rings. The number of rotatable bonds is 4. The first-order chi connectivity index (χ1) is 9.50. The number of morpholine rings is 1. The van der Waals surface area contributed by atoms with Gasteiger partial charge in [0, 0.05) is 25.8 Å². The van der Waals surface area contributed by atoms with Crippen LogP contribution in [0.1, 0.15) is 20.3 Å². The maximum Gasteiger partial charge on any atom is 0.247 e. The lowest BCUT2D eigenvalue weighted by atomic mass is 10.2. The molecule has 1 aromatic heterocycles. The first-order valence-electron chi connectivity index (χ1n) is 6.77. The summed E-state index contributed by atoms with van der Waals surface area (Å²) in [7, 11) is -1.90. The summed E-state index contributed by atoms with van der Waals surface area (Å²) >= 11 is 0. The standard InChI is InChI=1S/C13H21N3O3S/c1-4-11-9-19-10(2)8-16(11)20(17,18)12-6-5-7-15-13(12)14-3/h5-7,10-11H,4,8-9H2,1-3H3,(H,14,15). The van der Waals surface area contributed by atoms with E-state index in [1.807, 2.05) is 13.8 Å². The Bertz CT molecular complexity index is 562. The minimum absolute atomic E-state index is 0.0951. The number of anilines is 1. The van der Waals surface area contributed by atoms with E-state index in [4.69, 9.17) is 4.74 Å². The second-order valence-corrected chi connectivity index (χ2v) is 6.74. The molecule has 1 aromatic rings. The first kappa shape index (κ1) is 15.2. The third-order valence-electron chi connectivity index (χ3n) is 3.48. The van der Waals surface area contributed by atoms with E-state index in [0.29, 0.717) is 19.0 Å². The molecule has 0 radical (unpaired) electrons. The molecular weight excluding hydrogens is 278 g/mol. The average molecular weight is 299 g/mol. The number of pyridine rings is 1. The highest BCUT2D eigenvalue weighted by atomic mass is 32.2. The third kappa shape index (κ3) is 2.79. The lowest BCUT2D eigenvalue weighted by molar-refractivity contribution is -0.0230. The van der Waals surface area contributed by atoms with Crippen LogP contribution < -0.4 is 5.32 Å². The largest absolute Gasteiger partial charge is 0.375 e. The summed E-state index contributed by atoms with van der Waals surface area (Å²) in [5, 5.41) is 2.84. The van der Waals surface area contributed by atoms with Crippen LogP contribution >= 0.6 is 0 Å². The molecule has 1 fully saturated rings. The van der Waals surface area contributed by atoms with Gasteiger partial charge in [0.15, 0.2) is 0 Å². The Morgan fingerprint density at radius 3 is 2.95 bits per heavy atom. The topological polar surface area (TPSA) is 71.5 Å². The van der Waals surface area contributed by atoms with E-state index in [-0.39, 0.29) is 17.0 Å². The van der Waals surface area contributed by atoms with Gasteiger partial charge >= 0.3 is 0 Å². The van der Waals surface area contributed by atoms with E-state index in [1.165, 1.54) is 0 Å². The van der Waals surface area contributed by atoms with Crippen LogP contribution in [0.5, 0.6) is 0 Å². The predicted molar refractivity (Wildman–Crippen MR) is 77.2 cm³/mol. The number of ether oxygens (including phenoxy) is 1. The van der Waals surface area contributed by atoms with Gasteiger partial charge in [-0.2, -0.15) is 4.31 Å². The lowest BCUT2D eigenvalue weighted by Gasteiger charge is -2.37. The van der Waals surface area contributed by atoms with Crippen molar-refractivity contribution in [1.29, 1.82) is 0 Å². The highest BCUT2D eigenvalue weighted by molar-refractivity contribution is 7.89. The molecule has 0 amide bonds. The fourth-order valence-corrected chi connectivity index (χ4v) is 4.25. The molecule has 0 aromatic carbocycles. The van der Waals surface area contributed by atoms with Crippen molar-refractivity contribution in [2.75, 3.05) is 25.5 Å². The SMILES string of the molecule is CCC1COC(C)CN1S(=O)(=O)c1cccnc1NC. The van der Waals surface area contributed by atoms with Crippen molar-refractivity contribution < 1.29 is 13.2 Å². The quantitative estimate of drug-likeness (QED) is 0.907. The molecule has 0 spiro atoms. The molecule has 20 heavy (non-hydrogen) atoms. The first-order valence-corrected chi connectivity index (χ1v) is 8.21. The molecule has 7 heteroatoms. The van der Waals surface area contributed by atoms with E-state index in [9.17, 15) is 8.42 Å². The Morgan fingerprint density at radius 1 is 1.55 bits per heavy atom. The zero-order valence-corrected chi connectivity index (χ0v) is 12.9. The van der Waals surface area contributed by atoms with E-state index >= 15 is 0 Å². The predicted octanol–water partition coefficient (Wildman–Crippen LogP) is 1.31. The van der Waals surface area contributed by atoms with Gasteiger partial charge in [-0.15, -0.1) is 0 Å². The molecule has 1 aliphatic heterocycles. The van der Waals surface area contributed by atoms with Gasteiger partial charge in [-0.25, -0.2) is 13.4 Å². The van der Waals surface area contributed by atoms with Crippen molar-refractivity contribution in [2.45, 2.75) is 37.3 Å². The van der Waals surface area contributed by atoms with Crippen molar-refractivity contribution in [1.82, 2.24) is 9.29 Å². The van der Waals surface area contributed by atoms with Crippen molar-refractivity contribution in [3.8, 4) is 0 Å². The normalized spacial score (nSPS) is 24.6. The molecule has 112 valence electrons. The van der Waals surface area contributed by atoms with Gasteiger partial charge in [0.25, 0.3) is 0 Å². The maximum absolute atomic E-state index is 12.9. The monoisotopic (exact) mass is 299 g/mol. The van der Waals surface area contributed by atoms with Gasteiger partial charge in [-0.05, 0) is 25.5 Å². The Labute approximate surface area is 120 Å². The molecular formula is C13H21N3O3S. The maximum atomic E-state index is 12.9. The minimum Gasteiger partial charge on any atom is -0.375 e. The molecule has 0 saturated carbocycles. The molecule has 1 saturated heterocycles. The zero-order chi connectivity index (χ0) is 14.8. The van der Waals surface area contributed by atoms with Gasteiger partial charge in [-0.1, -0.05) is 6.92 Å². The molecule has 2 atom stereocenters. The van der Waals surface area contributed by atoms with Crippen LogP contribution in [-0.2, 0) is 14.8 Å². The van der Waals surface area contributed by atoms with Crippen molar-refractivity contribution in [2.24, 2.45) is 0 Å². The van der Waals surface area contributed by atoms with Gasteiger partial charge in [0.2, 0.25) is 10.0 Å². The molecule has 6 nitrogen and oxygen atoms in total. The molecule has 0 bridgehead atoms. The number of hydrogen-bond donors (Lipinski definition) is 1. The smallest absolute Gasteiger partial charge is 0.247 e. The Balaban J connectivity index is 2.42. The number of hydrogen-bond acceptors (Lipinski definition) is 5. The van der Waals surface area contributed by atoms with Gasteiger partial charge < -0.3 is 10.1 Å². The number of aromatic nitrogens is 1. The summed E-state index contributed by atoms with van der Waals surface area (Å²) < 4.78 is 32.8. The van der Waals surface area contributed by atoms with Gasteiger partial charge in [0.1, 0.15) is 10.7 Å². The van der Waals surface area contributed by atoms with E-state index in [1.54, 1.807) is 29.7 Å². The van der Waals surface area contributed by atoms with Crippen molar-refractivity contribution >= 4 is 15.8 Å². The van der Waals surface area contributed by atoms with E-state index < -0.39 is 10.0 Å². The van der Waals surface area contributed by atoms with Crippen LogP contribution in [0.15, 0.2) is 23.2 Å².